The molecule has 70 valence electrons. The van der Waals surface area contributed by atoms with Crippen molar-refractivity contribution >= 4 is 0 Å². The molecule has 0 saturated heterocycles. The summed E-state index contributed by atoms with van der Waals surface area (Å²) in [5, 5.41) is 0. The van der Waals surface area contributed by atoms with E-state index in [-0.39, 0.29) is 0 Å². The van der Waals surface area contributed by atoms with Crippen LogP contribution < -0.4 is 0 Å². The number of hydrogen-bond acceptors (Lipinski definition) is 0. The lowest BCUT2D eigenvalue weighted by Gasteiger charge is -1.72. The summed E-state index contributed by atoms with van der Waals surface area (Å²) in [5.74, 6) is 0. The first kappa shape index (κ1) is 12.0. The van der Waals surface area contributed by atoms with E-state index in [0.29, 0.717) is 0 Å². The van der Waals surface area contributed by atoms with E-state index < -0.39 is 0 Å². The van der Waals surface area contributed by atoms with Crippen molar-refractivity contribution in [3.63, 3.8) is 0 Å². The van der Waals surface area contributed by atoms with E-state index in [9.17, 15) is 0 Å². The van der Waals surface area contributed by atoms with Crippen molar-refractivity contribution in [3.8, 4) is 0 Å². The molecule has 0 aromatic rings. The predicted octanol–water partition coefficient (Wildman–Crippen LogP) is 3.89. The summed E-state index contributed by atoms with van der Waals surface area (Å²) in [6.07, 6.45) is 18.8. The second-order valence-corrected chi connectivity index (χ2v) is 2.26. The summed E-state index contributed by atoms with van der Waals surface area (Å²) < 4.78 is 0. The zero-order chi connectivity index (χ0) is 10.5. The van der Waals surface area contributed by atoms with Gasteiger partial charge in [-0.1, -0.05) is 72.7 Å². The quantitative estimate of drug-likeness (QED) is 0.447. The minimum atomic E-state index is 1.74. The van der Waals surface area contributed by atoms with Crippen molar-refractivity contribution in [2.75, 3.05) is 0 Å². The van der Waals surface area contributed by atoms with Gasteiger partial charge in [-0.25, -0.2) is 0 Å². The molecule has 0 aromatic heterocycles. The van der Waals surface area contributed by atoms with Crippen LogP contribution in [0.3, 0.4) is 0 Å². The van der Waals surface area contributed by atoms with Crippen LogP contribution in [0.15, 0.2) is 85.4 Å². The summed E-state index contributed by atoms with van der Waals surface area (Å²) >= 11 is 0. The van der Waals surface area contributed by atoms with Crippen molar-refractivity contribution < 1.29 is 0 Å². The summed E-state index contributed by atoms with van der Waals surface area (Å²) in [6, 6.07) is 0. The Bertz CT molecular complexity index is 336. The Morgan fingerprint density at radius 2 is 1.21 bits per heavy atom. The fourth-order valence-corrected chi connectivity index (χ4v) is 0.626. The van der Waals surface area contributed by atoms with Crippen LogP contribution >= 0.6 is 0 Å². The lowest BCUT2D eigenvalue weighted by atomic mass is 10.4. The van der Waals surface area contributed by atoms with Crippen LogP contribution in [0.2, 0.25) is 0 Å². The number of rotatable bonds is 5. The standard InChI is InChI=1S/C14H14/c1-3-5-7-9-11-13-14-12-10-8-6-4-2/h3,5,7-14H,1-2H2. The van der Waals surface area contributed by atoms with Crippen LogP contribution in [-0.2, 0) is 0 Å². The lowest BCUT2D eigenvalue weighted by molar-refractivity contribution is 1.85. The molecule has 0 aromatic carbocycles. The molecule has 0 atom stereocenters. The molecular formula is C14H14. The summed E-state index contributed by atoms with van der Waals surface area (Å²) in [5.41, 5.74) is 5.25. The third-order valence-corrected chi connectivity index (χ3v) is 1.20. The number of allylic oxidation sites excluding steroid dienone is 10. The van der Waals surface area contributed by atoms with Crippen molar-refractivity contribution in [2.24, 2.45) is 0 Å². The van der Waals surface area contributed by atoms with Crippen LogP contribution in [0.5, 0.6) is 0 Å². The van der Waals surface area contributed by atoms with Gasteiger partial charge in [0.15, 0.2) is 0 Å². The van der Waals surface area contributed by atoms with Gasteiger partial charge in [-0.05, 0) is 12.7 Å². The van der Waals surface area contributed by atoms with Gasteiger partial charge < -0.3 is 0 Å². The van der Waals surface area contributed by atoms with E-state index >= 15 is 0 Å². The largest absolute Gasteiger partial charge is 0.0991 e. The maximum absolute atomic E-state index is 3.56. The van der Waals surface area contributed by atoms with Crippen LogP contribution in [0.25, 0.3) is 0 Å². The lowest BCUT2D eigenvalue weighted by Crippen LogP contribution is -1.51. The molecule has 0 nitrogen and oxygen atoms in total. The molecule has 0 heteroatoms. The first-order valence-corrected chi connectivity index (χ1v) is 4.30. The molecule has 0 unspecified atom stereocenters. The van der Waals surface area contributed by atoms with Gasteiger partial charge in [0.25, 0.3) is 0 Å². The highest BCUT2D eigenvalue weighted by molar-refractivity contribution is 5.18. The Hall–Kier alpha value is -2.00. The molecule has 0 rings (SSSR count). The highest BCUT2D eigenvalue weighted by atomic mass is 13.7. The van der Waals surface area contributed by atoms with Crippen molar-refractivity contribution in [1.29, 1.82) is 0 Å². The normalized spacial score (nSPS) is 11.1. The van der Waals surface area contributed by atoms with Crippen LogP contribution in [0, 0.1) is 0 Å². The van der Waals surface area contributed by atoms with Gasteiger partial charge in [-0.2, -0.15) is 0 Å². The maximum Gasteiger partial charge on any atom is -0.0116 e. The van der Waals surface area contributed by atoms with Gasteiger partial charge in [0, 0.05) is 0 Å². The molecule has 0 amide bonds. The SMILES string of the molecule is C=C=C=CC=CC=CC=CC=CC=C. The molecule has 0 aliphatic rings. The summed E-state index contributed by atoms with van der Waals surface area (Å²) in [6.45, 7) is 6.95. The zero-order valence-electron chi connectivity index (χ0n) is 8.19. The van der Waals surface area contributed by atoms with E-state index in [0.717, 1.165) is 0 Å². The second-order valence-electron chi connectivity index (χ2n) is 2.26. The monoisotopic (exact) mass is 182 g/mol. The first-order valence-electron chi connectivity index (χ1n) is 4.30. The van der Waals surface area contributed by atoms with Gasteiger partial charge in [0.05, 0.1) is 0 Å². The fraction of sp³-hybridized carbons (Fsp3) is 0. The third-order valence-electron chi connectivity index (χ3n) is 1.20. The highest BCUT2D eigenvalue weighted by Gasteiger charge is 1.61. The molecule has 0 fully saturated rings. The minimum absolute atomic E-state index is 1.74. The third kappa shape index (κ3) is 10.0. The molecule has 0 heterocycles. The predicted molar refractivity (Wildman–Crippen MR) is 64.0 cm³/mol. The molecule has 0 bridgehead atoms. The Balaban J connectivity index is 3.84. The zero-order valence-corrected chi connectivity index (χ0v) is 8.19. The molecule has 0 spiro atoms. The molecule has 14 heavy (non-hydrogen) atoms. The Morgan fingerprint density at radius 1 is 0.714 bits per heavy atom. The van der Waals surface area contributed by atoms with E-state index in [4.69, 9.17) is 0 Å². The molecule has 0 aliphatic heterocycles. The van der Waals surface area contributed by atoms with Gasteiger partial charge in [-0.15, -0.1) is 0 Å². The fourth-order valence-electron chi connectivity index (χ4n) is 0.626. The minimum Gasteiger partial charge on any atom is -0.0991 e. The molecule has 0 N–H and O–H groups in total. The van der Waals surface area contributed by atoms with Crippen molar-refractivity contribution in [3.05, 3.63) is 85.4 Å². The van der Waals surface area contributed by atoms with Gasteiger partial charge in [0.2, 0.25) is 0 Å². The average molecular weight is 182 g/mol. The van der Waals surface area contributed by atoms with E-state index in [1.54, 1.807) is 12.2 Å². The molecule has 0 radical (unpaired) electrons. The van der Waals surface area contributed by atoms with Gasteiger partial charge in [0.1, 0.15) is 0 Å². The molecule has 0 aliphatic carbocycles. The van der Waals surface area contributed by atoms with E-state index in [2.05, 4.69) is 24.6 Å². The highest BCUT2D eigenvalue weighted by Crippen LogP contribution is 1.82. The van der Waals surface area contributed by atoms with Crippen molar-refractivity contribution in [1.82, 2.24) is 0 Å². The molecule has 0 saturated carbocycles. The van der Waals surface area contributed by atoms with Gasteiger partial charge in [-0.3, -0.25) is 0 Å². The first-order chi connectivity index (χ1) is 6.91. The second kappa shape index (κ2) is 11.0. The smallest absolute Gasteiger partial charge is 0.0116 e. The van der Waals surface area contributed by atoms with Crippen LogP contribution in [0.1, 0.15) is 0 Å². The Morgan fingerprint density at radius 3 is 1.71 bits per heavy atom. The van der Waals surface area contributed by atoms with Crippen molar-refractivity contribution in [2.45, 2.75) is 0 Å². The Labute approximate surface area is 86.0 Å². The van der Waals surface area contributed by atoms with Gasteiger partial charge >= 0.3 is 0 Å². The van der Waals surface area contributed by atoms with E-state index in [1.165, 1.54) is 0 Å². The Kier molecular flexibility index (Phi) is 9.43. The summed E-state index contributed by atoms with van der Waals surface area (Å²) in [7, 11) is 0. The van der Waals surface area contributed by atoms with Crippen LogP contribution in [-0.4, -0.2) is 0 Å². The van der Waals surface area contributed by atoms with Crippen LogP contribution in [0.4, 0.5) is 0 Å². The van der Waals surface area contributed by atoms with E-state index in [1.807, 2.05) is 48.6 Å². The maximum atomic E-state index is 3.56. The molecular weight excluding hydrogens is 168 g/mol. The average Bonchev–Trinajstić information content (AvgIpc) is 2.21. The number of hydrogen-bond donors (Lipinski definition) is 0. The topological polar surface area (TPSA) is 0 Å². The summed E-state index contributed by atoms with van der Waals surface area (Å²) in [4.78, 5) is 0.